The molecule has 0 rings (SSSR count). The highest BCUT2D eigenvalue weighted by Gasteiger charge is 2.20. The molecule has 0 N–H and O–H groups in total. The average Bonchev–Trinajstić information content (AvgIpc) is 2.67. The molecule has 0 bridgehead atoms. The Morgan fingerprint density at radius 2 is 1.07 bits per heavy atom. The van der Waals surface area contributed by atoms with E-state index in [0.29, 0.717) is 25.6 Å². The topological polar surface area (TPSA) is 52.6 Å². The number of carbonyl (C=O) groups is 2. The number of esters is 2. The third-order valence-electron chi connectivity index (χ3n) is 5.61. The fourth-order valence-corrected chi connectivity index (χ4v) is 3.49. The summed E-state index contributed by atoms with van der Waals surface area (Å²) in [6.45, 7) is 8.84. The fourth-order valence-electron chi connectivity index (χ4n) is 3.49. The van der Waals surface area contributed by atoms with E-state index in [1.165, 1.54) is 64.2 Å². The molecule has 0 fully saturated rings. The number of unbranched alkanes of at least 4 members (excludes halogenated alkanes) is 11. The van der Waals surface area contributed by atoms with Crippen molar-refractivity contribution in [2.75, 3.05) is 13.2 Å². The minimum atomic E-state index is -0.0505. The SMILES string of the molecule is CCOC(=O)CCCCCCCCCCCCCCC(C)C(C)C(=O)OCC. The molecule has 0 amide bonds. The van der Waals surface area contributed by atoms with E-state index in [4.69, 9.17) is 9.47 Å². The van der Waals surface area contributed by atoms with Crippen molar-refractivity contribution in [2.24, 2.45) is 11.8 Å². The molecule has 0 aromatic heterocycles. The first-order chi connectivity index (χ1) is 13.5. The third-order valence-corrected chi connectivity index (χ3v) is 5.61. The summed E-state index contributed by atoms with van der Waals surface area (Å²) in [4.78, 5) is 22.9. The van der Waals surface area contributed by atoms with Gasteiger partial charge in [-0.25, -0.2) is 0 Å². The van der Waals surface area contributed by atoms with Crippen LogP contribution in [-0.2, 0) is 19.1 Å². The Morgan fingerprint density at radius 3 is 1.54 bits per heavy atom. The van der Waals surface area contributed by atoms with Crippen LogP contribution in [0.3, 0.4) is 0 Å². The van der Waals surface area contributed by atoms with Crippen molar-refractivity contribution in [3.05, 3.63) is 0 Å². The molecule has 4 nitrogen and oxygen atoms in total. The van der Waals surface area contributed by atoms with Gasteiger partial charge in [0.1, 0.15) is 0 Å². The molecular formula is C24H46O4. The molecule has 0 saturated heterocycles. The van der Waals surface area contributed by atoms with Gasteiger partial charge in [0.15, 0.2) is 0 Å². The van der Waals surface area contributed by atoms with Gasteiger partial charge in [-0.05, 0) is 32.6 Å². The summed E-state index contributed by atoms with van der Waals surface area (Å²) in [5.74, 6) is 0.334. The average molecular weight is 399 g/mol. The van der Waals surface area contributed by atoms with Gasteiger partial charge in [-0.1, -0.05) is 84.5 Å². The highest BCUT2D eigenvalue weighted by atomic mass is 16.5. The van der Waals surface area contributed by atoms with E-state index in [0.717, 1.165) is 19.3 Å². The van der Waals surface area contributed by atoms with Gasteiger partial charge in [-0.2, -0.15) is 0 Å². The second kappa shape index (κ2) is 19.3. The van der Waals surface area contributed by atoms with Crippen molar-refractivity contribution in [3.63, 3.8) is 0 Å². The summed E-state index contributed by atoms with van der Waals surface area (Å²) in [7, 11) is 0. The molecule has 0 aliphatic heterocycles. The van der Waals surface area contributed by atoms with Crippen molar-refractivity contribution in [1.29, 1.82) is 0 Å². The Morgan fingerprint density at radius 1 is 0.643 bits per heavy atom. The maximum absolute atomic E-state index is 11.7. The Balaban J connectivity index is 3.31. The Kier molecular flexibility index (Phi) is 18.5. The molecule has 0 aliphatic rings. The van der Waals surface area contributed by atoms with Gasteiger partial charge >= 0.3 is 11.9 Å². The largest absolute Gasteiger partial charge is 0.466 e. The number of ether oxygens (including phenoxy) is 2. The van der Waals surface area contributed by atoms with Crippen LogP contribution >= 0.6 is 0 Å². The number of carbonyl (C=O) groups excluding carboxylic acids is 2. The van der Waals surface area contributed by atoms with Gasteiger partial charge in [0.2, 0.25) is 0 Å². The molecule has 0 aromatic carbocycles. The monoisotopic (exact) mass is 398 g/mol. The molecule has 0 aliphatic carbocycles. The van der Waals surface area contributed by atoms with Crippen LogP contribution in [0.1, 0.15) is 118 Å². The molecule has 0 aromatic rings. The van der Waals surface area contributed by atoms with Gasteiger partial charge < -0.3 is 9.47 Å². The lowest BCUT2D eigenvalue weighted by Gasteiger charge is -2.18. The maximum atomic E-state index is 11.7. The van der Waals surface area contributed by atoms with Gasteiger partial charge in [0.05, 0.1) is 19.1 Å². The van der Waals surface area contributed by atoms with Crippen molar-refractivity contribution < 1.29 is 19.1 Å². The normalized spacial score (nSPS) is 13.1. The molecule has 4 heteroatoms. The zero-order valence-electron chi connectivity index (χ0n) is 19.1. The van der Waals surface area contributed by atoms with Gasteiger partial charge in [0, 0.05) is 6.42 Å². The smallest absolute Gasteiger partial charge is 0.308 e. The van der Waals surface area contributed by atoms with E-state index in [2.05, 4.69) is 6.92 Å². The van der Waals surface area contributed by atoms with Crippen molar-refractivity contribution in [2.45, 2.75) is 118 Å². The van der Waals surface area contributed by atoms with Crippen LogP contribution in [0, 0.1) is 11.8 Å². The highest BCUT2D eigenvalue weighted by Crippen LogP contribution is 2.20. The first kappa shape index (κ1) is 26.9. The van der Waals surface area contributed by atoms with Crippen LogP contribution in [0.15, 0.2) is 0 Å². The summed E-state index contributed by atoms with van der Waals surface area (Å²) in [6.07, 6.45) is 16.8. The van der Waals surface area contributed by atoms with Gasteiger partial charge in [-0.15, -0.1) is 0 Å². The lowest BCUT2D eigenvalue weighted by atomic mass is 9.90. The van der Waals surface area contributed by atoms with Crippen LogP contribution in [0.25, 0.3) is 0 Å². The Labute approximate surface area is 174 Å². The van der Waals surface area contributed by atoms with Gasteiger partial charge in [0.25, 0.3) is 0 Å². The summed E-state index contributed by atoms with van der Waals surface area (Å²) in [5, 5.41) is 0. The Bertz CT molecular complexity index is 381. The molecule has 2 unspecified atom stereocenters. The predicted octanol–water partition coefficient (Wildman–Crippen LogP) is 6.85. The zero-order valence-corrected chi connectivity index (χ0v) is 19.1. The van der Waals surface area contributed by atoms with Crippen LogP contribution in [0.2, 0.25) is 0 Å². The molecule has 0 saturated carbocycles. The highest BCUT2D eigenvalue weighted by molar-refractivity contribution is 5.72. The minimum absolute atomic E-state index is 0.0186. The van der Waals surface area contributed by atoms with E-state index in [9.17, 15) is 9.59 Å². The molecule has 2 atom stereocenters. The molecule has 166 valence electrons. The maximum Gasteiger partial charge on any atom is 0.308 e. The van der Waals surface area contributed by atoms with Crippen LogP contribution < -0.4 is 0 Å². The quantitative estimate of drug-likeness (QED) is 0.176. The number of rotatable bonds is 19. The van der Waals surface area contributed by atoms with E-state index in [1.54, 1.807) is 0 Å². The van der Waals surface area contributed by atoms with Crippen molar-refractivity contribution in [1.82, 2.24) is 0 Å². The molecular weight excluding hydrogens is 352 g/mol. The predicted molar refractivity (Wildman–Crippen MR) is 116 cm³/mol. The first-order valence-corrected chi connectivity index (χ1v) is 11.8. The molecule has 0 radical (unpaired) electrons. The first-order valence-electron chi connectivity index (χ1n) is 11.8. The van der Waals surface area contributed by atoms with E-state index in [-0.39, 0.29) is 17.9 Å². The summed E-state index contributed by atoms with van der Waals surface area (Å²) in [5.41, 5.74) is 0. The minimum Gasteiger partial charge on any atom is -0.466 e. The second-order valence-electron chi connectivity index (χ2n) is 8.10. The second-order valence-corrected chi connectivity index (χ2v) is 8.10. The fraction of sp³-hybridized carbons (Fsp3) is 0.917. The van der Waals surface area contributed by atoms with E-state index in [1.807, 2.05) is 20.8 Å². The molecule has 0 spiro atoms. The summed E-state index contributed by atoms with van der Waals surface area (Å²) in [6, 6.07) is 0. The van der Waals surface area contributed by atoms with Gasteiger partial charge in [-0.3, -0.25) is 9.59 Å². The Hall–Kier alpha value is -1.06. The summed E-state index contributed by atoms with van der Waals surface area (Å²) < 4.78 is 10.0. The third kappa shape index (κ3) is 15.9. The standard InChI is InChI=1S/C24H46O4/c1-5-27-23(25)20-18-16-14-12-10-8-7-9-11-13-15-17-19-21(3)22(4)24(26)28-6-2/h21-22H,5-20H2,1-4H3. The lowest BCUT2D eigenvalue weighted by molar-refractivity contribution is -0.149. The lowest BCUT2D eigenvalue weighted by Crippen LogP contribution is -2.21. The molecule has 28 heavy (non-hydrogen) atoms. The van der Waals surface area contributed by atoms with E-state index >= 15 is 0 Å². The number of hydrogen-bond acceptors (Lipinski definition) is 4. The molecule has 0 heterocycles. The van der Waals surface area contributed by atoms with Crippen LogP contribution in [-0.4, -0.2) is 25.2 Å². The van der Waals surface area contributed by atoms with E-state index < -0.39 is 0 Å². The number of hydrogen-bond donors (Lipinski definition) is 0. The van der Waals surface area contributed by atoms with Crippen LogP contribution in [0.5, 0.6) is 0 Å². The zero-order chi connectivity index (χ0) is 21.0. The van der Waals surface area contributed by atoms with Crippen molar-refractivity contribution >= 4 is 11.9 Å². The van der Waals surface area contributed by atoms with Crippen LogP contribution in [0.4, 0.5) is 0 Å². The van der Waals surface area contributed by atoms with Crippen molar-refractivity contribution in [3.8, 4) is 0 Å². The summed E-state index contributed by atoms with van der Waals surface area (Å²) >= 11 is 0.